The highest BCUT2D eigenvalue weighted by molar-refractivity contribution is 7.16. The Morgan fingerprint density at radius 3 is 3.20 bits per heavy atom. The van der Waals surface area contributed by atoms with E-state index in [4.69, 9.17) is 0 Å². The van der Waals surface area contributed by atoms with Gasteiger partial charge in [-0.1, -0.05) is 11.3 Å². The minimum absolute atomic E-state index is 0.100. The molecule has 2 aromatic heterocycles. The van der Waals surface area contributed by atoms with E-state index in [1.807, 2.05) is 6.92 Å². The van der Waals surface area contributed by atoms with E-state index in [0.29, 0.717) is 11.0 Å². The van der Waals surface area contributed by atoms with E-state index in [1.165, 1.54) is 34.8 Å². The monoisotopic (exact) mass is 293 g/mol. The number of piperidine rings is 1. The molecule has 1 fully saturated rings. The third kappa shape index (κ3) is 2.74. The van der Waals surface area contributed by atoms with Gasteiger partial charge >= 0.3 is 0 Å². The number of likely N-dealkylation sites (N-methyl/N-ethyl adjacent to an activating group) is 1. The zero-order valence-electron chi connectivity index (χ0n) is 11.8. The van der Waals surface area contributed by atoms with Gasteiger partial charge in [0.15, 0.2) is 0 Å². The number of aromatic nitrogens is 3. The number of aryl methyl sites for hydroxylation is 1. The molecule has 1 aliphatic rings. The van der Waals surface area contributed by atoms with E-state index in [-0.39, 0.29) is 5.56 Å². The maximum absolute atomic E-state index is 11.8. The summed E-state index contributed by atoms with van der Waals surface area (Å²) in [7, 11) is 2.12. The molecule has 1 unspecified atom stereocenters. The Labute approximate surface area is 121 Å². The van der Waals surface area contributed by atoms with Crippen molar-refractivity contribution in [2.75, 3.05) is 20.1 Å². The molecule has 3 heterocycles. The minimum Gasteiger partial charge on any atom is -0.315 e. The van der Waals surface area contributed by atoms with E-state index in [2.05, 4.69) is 27.3 Å². The quantitative estimate of drug-likeness (QED) is 0.900. The molecule has 0 aromatic carbocycles. The van der Waals surface area contributed by atoms with E-state index in [9.17, 15) is 4.79 Å². The van der Waals surface area contributed by atoms with Crippen LogP contribution in [0.3, 0.4) is 0 Å². The molecule has 6 nitrogen and oxygen atoms in total. The second-order valence-electron chi connectivity index (χ2n) is 5.34. The Morgan fingerprint density at radius 2 is 2.45 bits per heavy atom. The molecule has 0 saturated carbocycles. The van der Waals surface area contributed by atoms with Crippen LogP contribution in [0.5, 0.6) is 0 Å². The molecule has 0 amide bonds. The molecule has 0 bridgehead atoms. The first-order valence-electron chi connectivity index (χ1n) is 6.91. The molecule has 1 atom stereocenters. The normalized spacial score (nSPS) is 19.9. The Balaban J connectivity index is 1.80. The Hall–Kier alpha value is -1.31. The van der Waals surface area contributed by atoms with E-state index < -0.39 is 0 Å². The smallest absolute Gasteiger partial charge is 0.275 e. The molecule has 0 radical (unpaired) electrons. The SMILES string of the molecule is Cc1cc(=O)n2nc(CN(C)C3CCCNC3)sc2n1. The maximum Gasteiger partial charge on any atom is 0.275 e. The van der Waals surface area contributed by atoms with E-state index in [1.54, 1.807) is 0 Å². The summed E-state index contributed by atoms with van der Waals surface area (Å²) in [4.78, 5) is 19.2. The van der Waals surface area contributed by atoms with E-state index >= 15 is 0 Å². The second kappa shape index (κ2) is 5.59. The van der Waals surface area contributed by atoms with Gasteiger partial charge < -0.3 is 5.32 Å². The van der Waals surface area contributed by atoms with Gasteiger partial charge in [0.1, 0.15) is 5.01 Å². The largest absolute Gasteiger partial charge is 0.315 e. The topological polar surface area (TPSA) is 62.5 Å². The lowest BCUT2D eigenvalue weighted by Crippen LogP contribution is -2.43. The molecule has 1 saturated heterocycles. The van der Waals surface area contributed by atoms with Crippen LogP contribution in [-0.2, 0) is 6.54 Å². The van der Waals surface area contributed by atoms with Crippen LogP contribution in [0.4, 0.5) is 0 Å². The van der Waals surface area contributed by atoms with Gasteiger partial charge in [0, 0.05) is 24.3 Å². The van der Waals surface area contributed by atoms with Crippen LogP contribution in [0.15, 0.2) is 10.9 Å². The van der Waals surface area contributed by atoms with Gasteiger partial charge in [-0.25, -0.2) is 4.98 Å². The summed E-state index contributed by atoms with van der Waals surface area (Å²) in [5.41, 5.74) is 0.645. The lowest BCUT2D eigenvalue weighted by atomic mass is 10.1. The standard InChI is InChI=1S/C13H19N5OS/c1-9-6-12(19)18-13(15-9)20-11(16-18)8-17(2)10-4-3-5-14-7-10/h6,10,14H,3-5,7-8H2,1-2H3. The first kappa shape index (κ1) is 13.7. The predicted molar refractivity (Wildman–Crippen MR) is 79.2 cm³/mol. The lowest BCUT2D eigenvalue weighted by molar-refractivity contribution is 0.195. The Morgan fingerprint density at radius 1 is 1.60 bits per heavy atom. The third-order valence-corrected chi connectivity index (χ3v) is 4.59. The lowest BCUT2D eigenvalue weighted by Gasteiger charge is -2.30. The third-order valence-electron chi connectivity index (χ3n) is 3.69. The van der Waals surface area contributed by atoms with Crippen LogP contribution in [0.25, 0.3) is 4.96 Å². The molecule has 0 aliphatic carbocycles. The molecular formula is C13H19N5OS. The first-order valence-corrected chi connectivity index (χ1v) is 7.72. The number of fused-ring (bicyclic) bond motifs is 1. The van der Waals surface area contributed by atoms with Crippen LogP contribution >= 0.6 is 11.3 Å². The number of rotatable bonds is 3. The second-order valence-corrected chi connectivity index (χ2v) is 6.38. The first-order chi connectivity index (χ1) is 9.63. The van der Waals surface area contributed by atoms with Crippen molar-refractivity contribution in [2.24, 2.45) is 0 Å². The van der Waals surface area contributed by atoms with Crippen molar-refractivity contribution in [1.82, 2.24) is 24.8 Å². The summed E-state index contributed by atoms with van der Waals surface area (Å²) >= 11 is 1.50. The summed E-state index contributed by atoms with van der Waals surface area (Å²) in [6, 6.07) is 2.06. The van der Waals surface area contributed by atoms with Crippen LogP contribution in [0, 0.1) is 6.92 Å². The van der Waals surface area contributed by atoms with Crippen molar-refractivity contribution >= 4 is 16.3 Å². The van der Waals surface area contributed by atoms with Gasteiger partial charge in [-0.2, -0.15) is 9.61 Å². The van der Waals surface area contributed by atoms with Crippen LogP contribution in [-0.4, -0.2) is 45.7 Å². The van der Waals surface area contributed by atoms with Crippen molar-refractivity contribution in [3.8, 4) is 0 Å². The molecule has 2 aromatic rings. The predicted octanol–water partition coefficient (Wildman–Crippen LogP) is 0.643. The number of hydrogen-bond acceptors (Lipinski definition) is 6. The van der Waals surface area contributed by atoms with Gasteiger partial charge in [-0.15, -0.1) is 0 Å². The highest BCUT2D eigenvalue weighted by atomic mass is 32.1. The Kier molecular flexibility index (Phi) is 3.82. The van der Waals surface area contributed by atoms with Gasteiger partial charge in [-0.3, -0.25) is 9.69 Å². The fourth-order valence-electron chi connectivity index (χ4n) is 2.58. The average molecular weight is 293 g/mol. The van der Waals surface area contributed by atoms with Crippen molar-refractivity contribution in [1.29, 1.82) is 0 Å². The number of hydrogen-bond donors (Lipinski definition) is 1. The van der Waals surface area contributed by atoms with Crippen molar-refractivity contribution in [3.63, 3.8) is 0 Å². The molecular weight excluding hydrogens is 274 g/mol. The summed E-state index contributed by atoms with van der Waals surface area (Å²) in [5, 5.41) is 8.74. The van der Waals surface area contributed by atoms with Crippen molar-refractivity contribution < 1.29 is 0 Å². The average Bonchev–Trinajstić information content (AvgIpc) is 2.82. The fourth-order valence-corrected chi connectivity index (χ4v) is 3.58. The summed E-state index contributed by atoms with van der Waals surface area (Å²) in [6.45, 7) is 4.74. The summed E-state index contributed by atoms with van der Waals surface area (Å²) < 4.78 is 1.40. The van der Waals surface area contributed by atoms with Gasteiger partial charge in [0.25, 0.3) is 5.56 Å². The molecule has 20 heavy (non-hydrogen) atoms. The Bertz CT molecular complexity index is 658. The van der Waals surface area contributed by atoms with Crippen molar-refractivity contribution in [2.45, 2.75) is 32.4 Å². The van der Waals surface area contributed by atoms with E-state index in [0.717, 1.165) is 30.3 Å². The molecule has 1 aliphatic heterocycles. The zero-order valence-corrected chi connectivity index (χ0v) is 12.6. The molecule has 1 N–H and O–H groups in total. The summed E-state index contributed by atoms with van der Waals surface area (Å²) in [6.07, 6.45) is 2.43. The summed E-state index contributed by atoms with van der Waals surface area (Å²) in [5.74, 6) is 0. The van der Waals surface area contributed by atoms with Gasteiger partial charge in [-0.05, 0) is 33.4 Å². The van der Waals surface area contributed by atoms with Crippen molar-refractivity contribution in [3.05, 3.63) is 27.1 Å². The highest BCUT2D eigenvalue weighted by Crippen LogP contribution is 2.16. The molecule has 3 rings (SSSR count). The zero-order chi connectivity index (χ0) is 14.1. The molecule has 0 spiro atoms. The minimum atomic E-state index is -0.100. The number of nitrogens with one attached hydrogen (secondary N) is 1. The highest BCUT2D eigenvalue weighted by Gasteiger charge is 2.19. The number of nitrogens with zero attached hydrogens (tertiary/aromatic N) is 4. The van der Waals surface area contributed by atoms with Crippen LogP contribution in [0.1, 0.15) is 23.5 Å². The van der Waals surface area contributed by atoms with Gasteiger partial charge in [0.2, 0.25) is 4.96 Å². The van der Waals surface area contributed by atoms with Gasteiger partial charge in [0.05, 0.1) is 6.54 Å². The molecule has 108 valence electrons. The van der Waals surface area contributed by atoms with Crippen LogP contribution < -0.4 is 10.9 Å². The fraction of sp³-hybridized carbons (Fsp3) is 0.615. The molecule has 7 heteroatoms. The maximum atomic E-state index is 11.8. The van der Waals surface area contributed by atoms with Crippen LogP contribution in [0.2, 0.25) is 0 Å².